The fourth-order valence-electron chi connectivity index (χ4n) is 14.6. The van der Waals surface area contributed by atoms with E-state index in [0.717, 1.165) is 78.5 Å². The van der Waals surface area contributed by atoms with Crippen LogP contribution in [-0.4, -0.2) is 152 Å². The number of fused-ring (bicyclic) bond motifs is 6. The second kappa shape index (κ2) is 28.8. The fraction of sp³-hybridized carbons (Fsp3) is 0.360. The number of carboxylic acids is 1. The van der Waals surface area contributed by atoms with Crippen molar-refractivity contribution in [1.29, 1.82) is 15.8 Å². The molecular formula is C75H78N12O11Si. The van der Waals surface area contributed by atoms with E-state index in [1.807, 2.05) is 59.5 Å². The number of nitriles is 3. The lowest BCUT2D eigenvalue weighted by Crippen LogP contribution is -2.43. The number of rotatable bonds is 14. The van der Waals surface area contributed by atoms with Crippen molar-refractivity contribution in [1.82, 2.24) is 35.0 Å². The number of aliphatic hydroxyl groups excluding tert-OH is 2. The van der Waals surface area contributed by atoms with Crippen LogP contribution < -0.4 is 5.73 Å². The quantitative estimate of drug-likeness (QED) is 0.0222. The Balaban J connectivity index is 0.000000139. The lowest BCUT2D eigenvalue weighted by Gasteiger charge is -2.36. The molecule has 99 heavy (non-hydrogen) atoms. The number of nitrogens with zero attached hydrogens (tertiary/aromatic N) is 11. The summed E-state index contributed by atoms with van der Waals surface area (Å²) < 4.78 is 17.2. The largest absolute Gasteiger partial charge is 0.478 e. The van der Waals surface area contributed by atoms with Crippen molar-refractivity contribution in [3.05, 3.63) is 189 Å². The highest BCUT2D eigenvalue weighted by atomic mass is 28.4. The minimum Gasteiger partial charge on any atom is -0.478 e. The predicted octanol–water partition coefficient (Wildman–Crippen LogP) is 9.84. The van der Waals surface area contributed by atoms with Crippen LogP contribution >= 0.6 is 0 Å². The molecule has 0 saturated carbocycles. The van der Waals surface area contributed by atoms with Gasteiger partial charge in [0.2, 0.25) is 29.4 Å². The molecule has 3 fully saturated rings. The van der Waals surface area contributed by atoms with Gasteiger partial charge in [0.15, 0.2) is 14.2 Å². The van der Waals surface area contributed by atoms with Gasteiger partial charge in [0, 0.05) is 103 Å². The zero-order chi connectivity index (χ0) is 70.4. The topological polar surface area (TPSA) is 356 Å². The van der Waals surface area contributed by atoms with Crippen LogP contribution in [0, 0.1) is 34.0 Å². The Kier molecular flexibility index (Phi) is 20.3. The SMILES string of the molecule is CC(C)(C)[Si](C)(C)OCCN1CC2(CCc3c(C(N)=NO)cccc32)CC1=O.N#Cc1cccc(-c2nc(-c3cccc4c3CCC43CC(=O)N(CCO)C3)no2)c1.N#Cc1cccc(-c2nc(-c3cccc4c3CCC43CC(=O)N(CCO)C3)no2)c1.N#Cc1cccc(C(=O)O)c1. The van der Waals surface area contributed by atoms with Crippen LogP contribution in [0.4, 0.5) is 0 Å². The van der Waals surface area contributed by atoms with Crippen molar-refractivity contribution in [2.24, 2.45) is 10.9 Å². The van der Waals surface area contributed by atoms with Crippen molar-refractivity contribution in [3.63, 3.8) is 0 Å². The summed E-state index contributed by atoms with van der Waals surface area (Å²) >= 11 is 0. The number of oxime groups is 1. The number of β-amino-alcohol motifs (C(OH)–C–C–N with tert-alkyl or cyclic N) is 2. The van der Waals surface area contributed by atoms with Gasteiger partial charge in [-0.3, -0.25) is 14.4 Å². The van der Waals surface area contributed by atoms with Crippen LogP contribution in [0.1, 0.15) is 125 Å². The molecule has 2 aromatic heterocycles. The van der Waals surface area contributed by atoms with E-state index in [-0.39, 0.29) is 63.6 Å². The molecule has 5 heterocycles. The number of aromatic nitrogens is 4. The van der Waals surface area contributed by atoms with E-state index in [0.29, 0.717) is 110 Å². The fourth-order valence-corrected chi connectivity index (χ4v) is 15.6. The van der Waals surface area contributed by atoms with Crippen LogP contribution in [0.15, 0.2) is 142 Å². The third kappa shape index (κ3) is 14.2. The average molecular weight is 1350 g/mol. The van der Waals surface area contributed by atoms with Gasteiger partial charge in [0.1, 0.15) is 0 Å². The molecule has 3 spiro atoms. The summed E-state index contributed by atoms with van der Waals surface area (Å²) in [6, 6.07) is 44.2. The smallest absolute Gasteiger partial charge is 0.335 e. The van der Waals surface area contributed by atoms with E-state index in [1.165, 1.54) is 28.8 Å². The number of aliphatic hydroxyl groups is 2. The minimum absolute atomic E-state index is 0.0205. The molecule has 6 aliphatic rings. The van der Waals surface area contributed by atoms with Gasteiger partial charge in [-0.15, -0.1) is 0 Å². The van der Waals surface area contributed by atoms with E-state index >= 15 is 0 Å². The summed E-state index contributed by atoms with van der Waals surface area (Å²) in [6.07, 6.45) is 6.72. The molecule has 8 aromatic rings. The third-order valence-corrected chi connectivity index (χ3v) is 25.2. The predicted molar refractivity (Wildman–Crippen MR) is 368 cm³/mol. The van der Waals surface area contributed by atoms with Gasteiger partial charge in [-0.05, 0) is 145 Å². The van der Waals surface area contributed by atoms with Gasteiger partial charge in [-0.1, -0.05) is 109 Å². The number of carboxylic acid groups (broad SMARTS) is 1. The molecule has 3 unspecified atom stereocenters. The highest BCUT2D eigenvalue weighted by Gasteiger charge is 2.51. The zero-order valence-corrected chi connectivity index (χ0v) is 57.0. The second-order valence-corrected chi connectivity index (χ2v) is 32.4. The number of nitrogens with two attached hydrogens (primary N) is 1. The van der Waals surface area contributed by atoms with Gasteiger partial charge in [-0.2, -0.15) is 25.8 Å². The Morgan fingerprint density at radius 2 is 1.01 bits per heavy atom. The molecule has 3 aliphatic carbocycles. The van der Waals surface area contributed by atoms with Gasteiger partial charge in [0.05, 0.1) is 60.3 Å². The van der Waals surface area contributed by atoms with E-state index in [9.17, 15) is 29.4 Å². The maximum absolute atomic E-state index is 12.8. The number of carbonyl (C=O) groups excluding carboxylic acids is 3. The molecule has 508 valence electrons. The van der Waals surface area contributed by atoms with Crippen LogP contribution in [-0.2, 0) is 54.3 Å². The van der Waals surface area contributed by atoms with Crippen molar-refractivity contribution < 1.29 is 53.2 Å². The number of benzene rings is 6. The molecule has 14 rings (SSSR count). The zero-order valence-electron chi connectivity index (χ0n) is 56.0. The highest BCUT2D eigenvalue weighted by Crippen LogP contribution is 2.51. The van der Waals surface area contributed by atoms with Gasteiger partial charge in [0.25, 0.3) is 11.8 Å². The Morgan fingerprint density at radius 1 is 0.606 bits per heavy atom. The summed E-state index contributed by atoms with van der Waals surface area (Å²) in [5, 5.41) is 74.4. The first-order chi connectivity index (χ1) is 47.5. The summed E-state index contributed by atoms with van der Waals surface area (Å²) in [4.78, 5) is 62.7. The van der Waals surface area contributed by atoms with E-state index in [1.54, 1.807) is 58.3 Å². The maximum atomic E-state index is 12.8. The number of aromatic carboxylic acids is 1. The van der Waals surface area contributed by atoms with E-state index < -0.39 is 14.3 Å². The molecule has 3 aliphatic heterocycles. The van der Waals surface area contributed by atoms with Gasteiger partial charge < -0.3 is 54.4 Å². The minimum atomic E-state index is -1.81. The summed E-state index contributed by atoms with van der Waals surface area (Å²) in [6.45, 7) is 15.1. The third-order valence-electron chi connectivity index (χ3n) is 20.6. The highest BCUT2D eigenvalue weighted by molar-refractivity contribution is 6.74. The number of hydrogen-bond donors (Lipinski definition) is 5. The van der Waals surface area contributed by atoms with Crippen molar-refractivity contribution in [3.8, 4) is 63.9 Å². The van der Waals surface area contributed by atoms with Gasteiger partial charge in [-0.25, -0.2) is 4.79 Å². The molecule has 0 radical (unpaired) electrons. The number of carbonyl (C=O) groups is 4. The first kappa shape index (κ1) is 69.7. The number of hydrogen-bond acceptors (Lipinski definition) is 18. The molecular weight excluding hydrogens is 1270 g/mol. The Morgan fingerprint density at radius 3 is 1.43 bits per heavy atom. The molecule has 6 N–H and O–H groups in total. The molecule has 0 bridgehead atoms. The summed E-state index contributed by atoms with van der Waals surface area (Å²) in [5.41, 5.74) is 17.9. The van der Waals surface area contributed by atoms with Crippen molar-refractivity contribution >= 4 is 37.8 Å². The molecule has 3 amide bonds. The lowest BCUT2D eigenvalue weighted by molar-refractivity contribution is -0.128. The average Bonchev–Trinajstić information content (AvgIpc) is 1.60. The van der Waals surface area contributed by atoms with Crippen LogP contribution in [0.2, 0.25) is 18.1 Å². The standard InChI is InChI=1S/2C23H20N4O3.C21H33N3O3Si.C8H5NO2/c2*24-13-15-3-1-4-16(11-15)22-25-21(26-30-22)18-5-2-6-19-17(18)7-8-23(19)12-20(29)27(14-23)9-10-28;1-20(2,3)28(4,5)27-12-11-24-14-21(13-18(24)25)10-9-15-16(19(22)23-26)7-6-8-17(15)21;9-5-6-2-1-3-7(4-6)8(10)11/h2*1-6,11,28H,7-10,12,14H2;6-8,26H,9-14H2,1-5H3,(H2,22,23);1-4H,(H,10,11). The summed E-state index contributed by atoms with van der Waals surface area (Å²) in [7, 11) is -1.81. The summed E-state index contributed by atoms with van der Waals surface area (Å²) in [5.74, 6) is 1.29. The Bertz CT molecular complexity index is 4390. The molecule has 3 atom stereocenters. The van der Waals surface area contributed by atoms with Crippen LogP contribution in [0.5, 0.6) is 0 Å². The van der Waals surface area contributed by atoms with E-state index in [2.05, 4.69) is 89.6 Å². The van der Waals surface area contributed by atoms with Gasteiger partial charge >= 0.3 is 5.97 Å². The lowest BCUT2D eigenvalue weighted by atomic mass is 9.80. The monoisotopic (exact) mass is 1350 g/mol. The first-order valence-electron chi connectivity index (χ1n) is 33.0. The molecule has 23 nitrogen and oxygen atoms in total. The number of amides is 3. The number of amidine groups is 1. The Hall–Kier alpha value is -10.7. The van der Waals surface area contributed by atoms with Crippen LogP contribution in [0.3, 0.4) is 0 Å². The maximum Gasteiger partial charge on any atom is 0.335 e. The van der Waals surface area contributed by atoms with E-state index in [4.69, 9.17) is 45.3 Å². The normalized spacial score (nSPS) is 19.6. The number of likely N-dealkylation sites (tertiary alicyclic amines) is 3. The second-order valence-electron chi connectivity index (χ2n) is 27.6. The van der Waals surface area contributed by atoms with Crippen molar-refractivity contribution in [2.45, 2.75) is 113 Å². The molecule has 24 heteroatoms. The first-order valence-corrected chi connectivity index (χ1v) is 35.9. The van der Waals surface area contributed by atoms with Crippen molar-refractivity contribution in [2.75, 3.05) is 59.1 Å². The van der Waals surface area contributed by atoms with Crippen LogP contribution in [0.25, 0.3) is 45.7 Å². The Labute approximate surface area is 574 Å². The molecule has 6 aromatic carbocycles. The molecule has 3 saturated heterocycles.